The molecule has 0 unspecified atom stereocenters. The number of carbonyl (C=O) groups is 3. The molecule has 0 atom stereocenters. The molecular weight excluding hydrogens is 1090 g/mol. The van der Waals surface area contributed by atoms with Gasteiger partial charge in [0.2, 0.25) is 40.7 Å². The van der Waals surface area contributed by atoms with Crippen LogP contribution in [0.5, 0.6) is 11.8 Å². The number of urea groups is 1. The number of carboxylic acids is 1. The van der Waals surface area contributed by atoms with Crippen LogP contribution in [0.2, 0.25) is 15.3 Å². The van der Waals surface area contributed by atoms with Crippen molar-refractivity contribution in [3.63, 3.8) is 0 Å². The molecule has 4 aromatic heterocycles. The molecule has 4 heterocycles. The van der Waals surface area contributed by atoms with Gasteiger partial charge in [0, 0.05) is 32.9 Å². The number of carboxylic acid groups (broad SMARTS) is 1. The van der Waals surface area contributed by atoms with E-state index in [9.17, 15) is 50.7 Å². The number of pyridine rings is 1. The van der Waals surface area contributed by atoms with E-state index >= 15 is 0 Å². The summed E-state index contributed by atoms with van der Waals surface area (Å²) in [5, 5.41) is 31.4. The first-order valence-electron chi connectivity index (χ1n) is 19.7. The summed E-state index contributed by atoms with van der Waals surface area (Å²) in [6, 6.07) is 4.44. The van der Waals surface area contributed by atoms with Gasteiger partial charge in [-0.25, -0.2) is 19.2 Å². The topological polar surface area (TPSA) is 409 Å². The van der Waals surface area contributed by atoms with E-state index in [1.54, 1.807) is 4.72 Å². The van der Waals surface area contributed by atoms with Gasteiger partial charge in [-0.15, -0.1) is 0 Å². The minimum absolute atomic E-state index is 0.0913. The van der Waals surface area contributed by atoms with Gasteiger partial charge in [-0.3, -0.25) is 34.9 Å². The number of nitrogens with zero attached hydrogens (tertiary/aromatic N) is 10. The SMILES string of the molecule is CCNc1nc(Cl)nc(NC(C)C)n1.COc1cc(OC)nc(NC(=O)NS(=O)(=O)c2ncccc2C(=O)N(C)C)n1.Nc1c([N+](=O)[O-])cnn1-c1c(Cl)cc(C(F)(F)F)cc1Cl.O=C(O)CNCP(=O)(O)O. The maximum absolute atomic E-state index is 12.6. The lowest BCUT2D eigenvalue weighted by Crippen LogP contribution is -2.36. The van der Waals surface area contributed by atoms with Crippen LogP contribution in [0.1, 0.15) is 36.7 Å². The number of halogens is 6. The van der Waals surface area contributed by atoms with Crippen LogP contribution in [-0.2, 0) is 25.6 Å². The zero-order valence-electron chi connectivity index (χ0n) is 38.8. The molecule has 0 radical (unpaired) electrons. The number of alkyl halides is 3. The average Bonchev–Trinajstić information content (AvgIpc) is 3.65. The smallest absolute Gasteiger partial charge is 0.416 e. The summed E-state index contributed by atoms with van der Waals surface area (Å²) in [5.41, 5.74) is 3.59. The summed E-state index contributed by atoms with van der Waals surface area (Å²) < 4.78 is 85.4. The van der Waals surface area contributed by atoms with Crippen LogP contribution in [-0.4, -0.2) is 144 Å². The van der Waals surface area contributed by atoms with Gasteiger partial charge in [0.15, 0.2) is 5.03 Å². The van der Waals surface area contributed by atoms with Crippen LogP contribution in [0.25, 0.3) is 5.69 Å². The molecular formula is C36H45Cl3F3N16O13PS. The first-order chi connectivity index (χ1) is 33.8. The number of ether oxygens (including phenoxy) is 2. The minimum Gasteiger partial charge on any atom is -0.481 e. The van der Waals surface area contributed by atoms with E-state index in [2.05, 4.69) is 56.3 Å². The summed E-state index contributed by atoms with van der Waals surface area (Å²) in [6.07, 6.45) is -3.19. The fourth-order valence-electron chi connectivity index (χ4n) is 4.79. The van der Waals surface area contributed by atoms with Crippen LogP contribution >= 0.6 is 42.4 Å². The van der Waals surface area contributed by atoms with Crippen LogP contribution in [0.3, 0.4) is 0 Å². The third kappa shape index (κ3) is 20.6. The lowest BCUT2D eigenvalue weighted by Gasteiger charge is -2.14. The maximum Gasteiger partial charge on any atom is 0.416 e. The van der Waals surface area contributed by atoms with Crippen molar-refractivity contribution >= 4 is 99.7 Å². The summed E-state index contributed by atoms with van der Waals surface area (Å²) in [7, 11) is -2.94. The number of hydrogen-bond acceptors (Lipinski definition) is 21. The highest BCUT2D eigenvalue weighted by Crippen LogP contribution is 2.39. The van der Waals surface area contributed by atoms with Crippen molar-refractivity contribution in [1.29, 1.82) is 0 Å². The van der Waals surface area contributed by atoms with Crippen molar-refractivity contribution in [1.82, 2.24) is 54.6 Å². The van der Waals surface area contributed by atoms with Crippen molar-refractivity contribution in [3.05, 3.63) is 79.3 Å². The Hall–Kier alpha value is -7.00. The molecule has 29 nitrogen and oxygen atoms in total. The Morgan fingerprint density at radius 3 is 2.03 bits per heavy atom. The molecule has 37 heteroatoms. The third-order valence-corrected chi connectivity index (χ3v) is 10.4. The van der Waals surface area contributed by atoms with Gasteiger partial charge in [-0.1, -0.05) is 23.2 Å². The molecule has 5 aromatic rings. The number of benzene rings is 1. The van der Waals surface area contributed by atoms with E-state index in [4.69, 9.17) is 64.9 Å². The monoisotopic (exact) mass is 1130 g/mol. The maximum atomic E-state index is 12.6. The first kappa shape index (κ1) is 62.1. The number of aromatic nitrogens is 8. The molecule has 3 amide bonds. The van der Waals surface area contributed by atoms with E-state index in [-0.39, 0.29) is 50.3 Å². The summed E-state index contributed by atoms with van der Waals surface area (Å²) in [5.74, 6) is -1.21. The molecule has 0 saturated heterocycles. The molecule has 0 saturated carbocycles. The van der Waals surface area contributed by atoms with Gasteiger partial charge in [-0.05, 0) is 56.6 Å². The Morgan fingerprint density at radius 2 is 1.56 bits per heavy atom. The number of carbonyl (C=O) groups excluding carboxylic acids is 2. The largest absolute Gasteiger partial charge is 0.481 e. The number of nitrogens with one attached hydrogen (secondary N) is 5. The van der Waals surface area contributed by atoms with Gasteiger partial charge < -0.3 is 45.6 Å². The molecule has 1 aromatic carbocycles. The van der Waals surface area contributed by atoms with Crippen LogP contribution in [0.4, 0.5) is 47.3 Å². The predicted molar refractivity (Wildman–Crippen MR) is 257 cm³/mol. The number of nitrogens with two attached hydrogens (primary N) is 1. The van der Waals surface area contributed by atoms with Gasteiger partial charge in [0.05, 0.1) is 59.2 Å². The lowest BCUT2D eigenvalue weighted by molar-refractivity contribution is -0.383. The molecule has 5 rings (SSSR count). The highest BCUT2D eigenvalue weighted by atomic mass is 35.5. The number of rotatable bonds is 16. The van der Waals surface area contributed by atoms with Crippen LogP contribution in [0, 0.1) is 10.1 Å². The quantitative estimate of drug-likeness (QED) is 0.0376. The first-order valence-corrected chi connectivity index (χ1v) is 24.2. The molecule has 0 aliphatic carbocycles. The Kier molecular flexibility index (Phi) is 23.6. The van der Waals surface area contributed by atoms with E-state index in [1.165, 1.54) is 57.6 Å². The van der Waals surface area contributed by atoms with Crippen molar-refractivity contribution in [3.8, 4) is 17.4 Å². The molecule has 400 valence electrons. The van der Waals surface area contributed by atoms with E-state index in [1.807, 2.05) is 20.8 Å². The number of aliphatic carboxylic acids is 1. The summed E-state index contributed by atoms with van der Waals surface area (Å²) >= 11 is 17.3. The van der Waals surface area contributed by atoms with E-state index in [0.717, 1.165) is 17.4 Å². The molecule has 0 fully saturated rings. The fourth-order valence-corrected chi connectivity index (χ4v) is 7.04. The lowest BCUT2D eigenvalue weighted by atomic mass is 10.2. The number of hydrogen-bond donors (Lipinski definition) is 9. The third-order valence-electron chi connectivity index (χ3n) is 7.71. The Morgan fingerprint density at radius 1 is 0.986 bits per heavy atom. The number of nitro groups is 1. The Balaban J connectivity index is 0.000000357. The Labute approximate surface area is 426 Å². The van der Waals surface area contributed by atoms with Crippen molar-refractivity contribution < 1.29 is 69.8 Å². The molecule has 0 aliphatic heterocycles. The summed E-state index contributed by atoms with van der Waals surface area (Å²) in [4.78, 5) is 85.0. The molecule has 73 heavy (non-hydrogen) atoms. The average molecular weight is 1140 g/mol. The zero-order chi connectivity index (χ0) is 55.6. The highest BCUT2D eigenvalue weighted by molar-refractivity contribution is 7.90. The normalized spacial score (nSPS) is 11.0. The van der Waals surface area contributed by atoms with Gasteiger partial charge in [0.25, 0.3) is 15.9 Å². The van der Waals surface area contributed by atoms with Crippen molar-refractivity contribution in [2.24, 2.45) is 0 Å². The molecule has 0 aliphatic rings. The van der Waals surface area contributed by atoms with Crippen LogP contribution < -0.4 is 41.2 Å². The second-order valence-electron chi connectivity index (χ2n) is 14.0. The number of anilines is 4. The van der Waals surface area contributed by atoms with E-state index in [0.29, 0.717) is 24.0 Å². The molecule has 0 spiro atoms. The van der Waals surface area contributed by atoms with Gasteiger partial charge >= 0.3 is 31.5 Å². The van der Waals surface area contributed by atoms with Crippen molar-refractivity contribution in [2.75, 3.05) is 69.4 Å². The predicted octanol–water partition coefficient (Wildman–Crippen LogP) is 4.36. The summed E-state index contributed by atoms with van der Waals surface area (Å²) in [6.45, 7) is 6.29. The van der Waals surface area contributed by atoms with Gasteiger partial charge in [0.1, 0.15) is 11.9 Å². The van der Waals surface area contributed by atoms with Gasteiger partial charge in [-0.2, -0.15) is 51.6 Å². The van der Waals surface area contributed by atoms with E-state index < -0.39 is 81.6 Å². The fraction of sp³-hybridized carbons (Fsp3) is 0.333. The highest BCUT2D eigenvalue weighted by Gasteiger charge is 2.33. The zero-order valence-corrected chi connectivity index (χ0v) is 42.8. The number of nitrogen functional groups attached to an aromatic ring is 1. The van der Waals surface area contributed by atoms with Crippen molar-refractivity contribution in [2.45, 2.75) is 38.0 Å². The second kappa shape index (κ2) is 27.7. The van der Waals surface area contributed by atoms with Crippen LogP contribution in [0.15, 0.2) is 47.8 Å². The second-order valence-corrected chi connectivity index (χ2v) is 18.4. The number of sulfonamides is 1. The Bertz CT molecular complexity index is 2860. The number of methoxy groups -OCH3 is 2. The molecule has 0 bridgehead atoms. The minimum atomic E-state index is -4.63. The standard InChI is InChI=1S/C15H18N6O6S.C10H5Cl2F3N4O2.C8H14ClN5.C3H8NO5P/c1-21(2)13(22)9-6-5-7-16-12(9)28(24,25)20-15(23)19-14-17-10(26-3)8-11(18-14)27-4;11-5-1-4(10(13,14)15)2-6(12)8(5)18-9(16)7(3-17-18)19(20)21;1-4-10-7-12-6(9)13-8(14-7)11-5(2)3;5-3(6)1-4-2-10(7,8)9/h5-8H,1-4H3,(H2,17,18,19,20,23);1-3H,16H2;5H,4H2,1-3H3,(H2,10,11,12,13,14);4H,1-2H2,(H,5,6)(H2,7,8,9). The number of amides is 3. The molecule has 10 N–H and O–H groups in total.